The van der Waals surface area contributed by atoms with Crippen LogP contribution in [-0.2, 0) is 0 Å². The highest BCUT2D eigenvalue weighted by atomic mass is 35.5. The lowest BCUT2D eigenvalue weighted by Crippen LogP contribution is -2.00. The lowest BCUT2D eigenvalue weighted by atomic mass is 10.2. The molecule has 3 rings (SSSR count). The predicted molar refractivity (Wildman–Crippen MR) is 75.6 cm³/mol. The van der Waals surface area contributed by atoms with E-state index in [0.29, 0.717) is 15.9 Å². The van der Waals surface area contributed by atoms with Crippen LogP contribution < -0.4 is 5.63 Å². The fourth-order valence-electron chi connectivity index (χ4n) is 2.39. The number of halogens is 1. The predicted octanol–water partition coefficient (Wildman–Crippen LogP) is 4.48. The number of thioether (sulfide) groups is 1. The minimum atomic E-state index is -0.287. The molecular weight excluding hydrogens is 268 g/mol. The zero-order valence-corrected chi connectivity index (χ0v) is 11.4. The van der Waals surface area contributed by atoms with Gasteiger partial charge >= 0.3 is 5.63 Å². The fourth-order valence-corrected chi connectivity index (χ4v) is 3.94. The van der Waals surface area contributed by atoms with Crippen LogP contribution in [0.25, 0.3) is 11.0 Å². The van der Waals surface area contributed by atoms with E-state index in [-0.39, 0.29) is 5.63 Å². The standard InChI is InChI=1S/C14H13ClO2S/c15-9-5-6-12-11(7-9)13(8-14(16)17-12)18-10-3-1-2-4-10/h5-8,10H,1-4H2. The van der Waals surface area contributed by atoms with E-state index in [9.17, 15) is 4.79 Å². The third-order valence-corrected chi connectivity index (χ3v) is 4.89. The number of rotatable bonds is 2. The maximum Gasteiger partial charge on any atom is 0.337 e. The zero-order chi connectivity index (χ0) is 12.5. The van der Waals surface area contributed by atoms with Crippen LogP contribution in [-0.4, -0.2) is 5.25 Å². The average Bonchev–Trinajstić information content (AvgIpc) is 2.83. The molecule has 2 aromatic rings. The molecule has 1 fully saturated rings. The Morgan fingerprint density at radius 2 is 2.00 bits per heavy atom. The molecule has 0 N–H and O–H groups in total. The molecule has 1 aliphatic rings. The van der Waals surface area contributed by atoms with Gasteiger partial charge in [-0.1, -0.05) is 24.4 Å². The second-order valence-corrected chi connectivity index (χ2v) is 6.37. The van der Waals surface area contributed by atoms with Crippen LogP contribution in [0.1, 0.15) is 25.7 Å². The molecule has 1 saturated carbocycles. The Labute approximate surface area is 114 Å². The van der Waals surface area contributed by atoms with Crippen LogP contribution in [0.3, 0.4) is 0 Å². The van der Waals surface area contributed by atoms with Gasteiger partial charge in [0.15, 0.2) is 0 Å². The van der Waals surface area contributed by atoms with Gasteiger partial charge in [-0.15, -0.1) is 11.8 Å². The van der Waals surface area contributed by atoms with Gasteiger partial charge in [0.1, 0.15) is 5.58 Å². The van der Waals surface area contributed by atoms with Crippen molar-refractivity contribution in [3.63, 3.8) is 0 Å². The first-order valence-electron chi connectivity index (χ1n) is 6.12. The summed E-state index contributed by atoms with van der Waals surface area (Å²) in [7, 11) is 0. The molecule has 94 valence electrons. The highest BCUT2D eigenvalue weighted by Crippen LogP contribution is 2.37. The van der Waals surface area contributed by atoms with Gasteiger partial charge in [-0.05, 0) is 31.0 Å². The normalized spacial score (nSPS) is 16.5. The largest absolute Gasteiger partial charge is 0.423 e. The van der Waals surface area contributed by atoms with Crippen molar-refractivity contribution in [2.75, 3.05) is 0 Å². The molecule has 0 atom stereocenters. The van der Waals surface area contributed by atoms with Crippen molar-refractivity contribution in [3.8, 4) is 0 Å². The SMILES string of the molecule is O=c1cc(SC2CCCC2)c2cc(Cl)ccc2o1. The van der Waals surface area contributed by atoms with Crippen molar-refractivity contribution >= 4 is 34.3 Å². The smallest absolute Gasteiger partial charge is 0.337 e. The Balaban J connectivity index is 2.07. The molecule has 0 saturated heterocycles. The van der Waals surface area contributed by atoms with Gasteiger partial charge in [-0.2, -0.15) is 0 Å². The maximum atomic E-state index is 11.5. The van der Waals surface area contributed by atoms with Crippen molar-refractivity contribution in [2.24, 2.45) is 0 Å². The molecule has 1 heterocycles. The molecule has 2 nitrogen and oxygen atoms in total. The van der Waals surface area contributed by atoms with Gasteiger partial charge < -0.3 is 4.42 Å². The molecule has 1 aromatic heterocycles. The quantitative estimate of drug-likeness (QED) is 0.760. The molecule has 0 radical (unpaired) electrons. The van der Waals surface area contributed by atoms with Crippen molar-refractivity contribution in [3.05, 3.63) is 39.7 Å². The van der Waals surface area contributed by atoms with Gasteiger partial charge in [0.05, 0.1) is 0 Å². The molecular formula is C14H13ClO2S. The van der Waals surface area contributed by atoms with E-state index >= 15 is 0 Å². The minimum Gasteiger partial charge on any atom is -0.423 e. The highest BCUT2D eigenvalue weighted by molar-refractivity contribution is 8.00. The summed E-state index contributed by atoms with van der Waals surface area (Å²) in [4.78, 5) is 12.5. The van der Waals surface area contributed by atoms with Gasteiger partial charge in [0, 0.05) is 26.6 Å². The van der Waals surface area contributed by atoms with E-state index < -0.39 is 0 Å². The highest BCUT2D eigenvalue weighted by Gasteiger charge is 2.18. The number of fused-ring (bicyclic) bond motifs is 1. The zero-order valence-electron chi connectivity index (χ0n) is 9.82. The Hall–Kier alpha value is -0.930. The third-order valence-electron chi connectivity index (χ3n) is 3.26. The lowest BCUT2D eigenvalue weighted by Gasteiger charge is -2.10. The van der Waals surface area contributed by atoms with E-state index in [0.717, 1.165) is 10.3 Å². The van der Waals surface area contributed by atoms with Crippen LogP contribution in [0, 0.1) is 0 Å². The topological polar surface area (TPSA) is 30.2 Å². The first kappa shape index (κ1) is 12.1. The molecule has 0 aliphatic heterocycles. The average molecular weight is 281 g/mol. The number of hydrogen-bond donors (Lipinski definition) is 0. The van der Waals surface area contributed by atoms with E-state index in [1.165, 1.54) is 25.7 Å². The van der Waals surface area contributed by atoms with Crippen molar-refractivity contribution in [1.82, 2.24) is 0 Å². The summed E-state index contributed by atoms with van der Waals surface area (Å²) in [6.07, 6.45) is 5.04. The van der Waals surface area contributed by atoms with Gasteiger partial charge in [-0.3, -0.25) is 0 Å². The summed E-state index contributed by atoms with van der Waals surface area (Å²) in [5.74, 6) is 0. The summed E-state index contributed by atoms with van der Waals surface area (Å²) < 4.78 is 5.19. The van der Waals surface area contributed by atoms with Crippen molar-refractivity contribution < 1.29 is 4.42 Å². The molecule has 1 aromatic carbocycles. The molecule has 0 amide bonds. The summed E-state index contributed by atoms with van der Waals surface area (Å²) in [6, 6.07) is 6.97. The molecule has 18 heavy (non-hydrogen) atoms. The molecule has 1 aliphatic carbocycles. The summed E-state index contributed by atoms with van der Waals surface area (Å²) >= 11 is 7.80. The van der Waals surface area contributed by atoms with Crippen molar-refractivity contribution in [2.45, 2.75) is 35.8 Å². The first-order valence-corrected chi connectivity index (χ1v) is 7.38. The second-order valence-electron chi connectivity index (χ2n) is 4.59. The molecule has 0 spiro atoms. The van der Waals surface area contributed by atoms with Crippen LogP contribution in [0.2, 0.25) is 5.02 Å². The van der Waals surface area contributed by atoms with Crippen molar-refractivity contribution in [1.29, 1.82) is 0 Å². The summed E-state index contributed by atoms with van der Waals surface area (Å²) in [5, 5.41) is 2.23. The number of benzene rings is 1. The minimum absolute atomic E-state index is 0.287. The van der Waals surface area contributed by atoms with Crippen LogP contribution in [0.4, 0.5) is 0 Å². The Morgan fingerprint density at radius 1 is 1.22 bits per heavy atom. The van der Waals surface area contributed by atoms with Gasteiger partial charge in [0.2, 0.25) is 0 Å². The van der Waals surface area contributed by atoms with Crippen LogP contribution >= 0.6 is 23.4 Å². The van der Waals surface area contributed by atoms with Crippen LogP contribution in [0.15, 0.2) is 38.4 Å². The van der Waals surface area contributed by atoms with E-state index in [2.05, 4.69) is 0 Å². The second kappa shape index (κ2) is 4.98. The summed E-state index contributed by atoms with van der Waals surface area (Å²) in [6.45, 7) is 0. The Morgan fingerprint density at radius 3 is 2.78 bits per heavy atom. The lowest BCUT2D eigenvalue weighted by molar-refractivity contribution is 0.557. The molecule has 0 unspecified atom stereocenters. The molecule has 0 bridgehead atoms. The van der Waals surface area contributed by atoms with Crippen LogP contribution in [0.5, 0.6) is 0 Å². The third kappa shape index (κ3) is 2.43. The summed E-state index contributed by atoms with van der Waals surface area (Å²) in [5.41, 5.74) is 0.331. The van der Waals surface area contributed by atoms with E-state index in [1.54, 1.807) is 30.0 Å². The van der Waals surface area contributed by atoms with Gasteiger partial charge in [-0.25, -0.2) is 4.79 Å². The fraction of sp³-hybridized carbons (Fsp3) is 0.357. The van der Waals surface area contributed by atoms with E-state index in [1.807, 2.05) is 6.07 Å². The Bertz CT molecular complexity index is 629. The first-order chi connectivity index (χ1) is 8.72. The van der Waals surface area contributed by atoms with E-state index in [4.69, 9.17) is 16.0 Å². The monoisotopic (exact) mass is 280 g/mol. The van der Waals surface area contributed by atoms with Gasteiger partial charge in [0.25, 0.3) is 0 Å². The molecule has 4 heteroatoms. The Kier molecular flexibility index (Phi) is 3.35. The maximum absolute atomic E-state index is 11.5. The number of hydrogen-bond acceptors (Lipinski definition) is 3.